The van der Waals surface area contributed by atoms with Gasteiger partial charge in [-0.15, -0.1) is 0 Å². The van der Waals surface area contributed by atoms with Gasteiger partial charge in [0.15, 0.2) is 5.78 Å². The van der Waals surface area contributed by atoms with Gasteiger partial charge < -0.3 is 4.90 Å². The molecule has 1 saturated heterocycles. The van der Waals surface area contributed by atoms with Crippen LogP contribution in [0.3, 0.4) is 0 Å². The van der Waals surface area contributed by atoms with Crippen LogP contribution in [0.1, 0.15) is 17.5 Å². The first-order chi connectivity index (χ1) is 12.7. The van der Waals surface area contributed by atoms with Crippen LogP contribution in [-0.4, -0.2) is 48.3 Å². The molecular weight excluding hydrogens is 344 g/mol. The third kappa shape index (κ3) is 6.10. The lowest BCUT2D eigenvalue weighted by Crippen LogP contribution is -2.46. The Morgan fingerprint density at radius 2 is 1.58 bits per heavy atom. The van der Waals surface area contributed by atoms with Crippen molar-refractivity contribution in [2.75, 3.05) is 32.7 Å². The van der Waals surface area contributed by atoms with Crippen LogP contribution in [0, 0.1) is 0 Å². The van der Waals surface area contributed by atoms with Gasteiger partial charge in [0.1, 0.15) is 0 Å². The van der Waals surface area contributed by atoms with Crippen LogP contribution in [-0.2, 0) is 11.3 Å². The Balaban J connectivity index is 1.36. The quantitative estimate of drug-likeness (QED) is 0.686. The van der Waals surface area contributed by atoms with Crippen molar-refractivity contribution in [2.45, 2.75) is 13.0 Å². The third-order valence-corrected chi connectivity index (χ3v) is 4.97. The Bertz CT molecular complexity index is 720. The maximum atomic E-state index is 12.1. The molecule has 0 amide bonds. The third-order valence-electron chi connectivity index (χ3n) is 4.72. The molecule has 2 aromatic rings. The molecule has 3 nitrogen and oxygen atoms in total. The van der Waals surface area contributed by atoms with Crippen LogP contribution in [0.5, 0.6) is 0 Å². The molecule has 2 aromatic carbocycles. The topological polar surface area (TPSA) is 23.6 Å². The Hall–Kier alpha value is -1.94. The van der Waals surface area contributed by atoms with Crippen molar-refractivity contribution in [1.29, 1.82) is 0 Å². The van der Waals surface area contributed by atoms with E-state index in [9.17, 15) is 4.79 Å². The summed E-state index contributed by atoms with van der Waals surface area (Å²) in [6.07, 6.45) is 4.11. The van der Waals surface area contributed by atoms with Gasteiger partial charge >= 0.3 is 0 Å². The van der Waals surface area contributed by atoms with E-state index in [0.29, 0.717) is 11.4 Å². The van der Waals surface area contributed by atoms with Gasteiger partial charge in [-0.3, -0.25) is 9.69 Å². The van der Waals surface area contributed by atoms with Gasteiger partial charge in [-0.25, -0.2) is 0 Å². The Kier molecular flexibility index (Phi) is 7.01. The number of halogens is 1. The molecule has 0 saturated carbocycles. The molecule has 1 heterocycles. The summed E-state index contributed by atoms with van der Waals surface area (Å²) in [5.41, 5.74) is 2.36. The summed E-state index contributed by atoms with van der Waals surface area (Å²) in [5.74, 6) is 0.173. The van der Waals surface area contributed by atoms with Gasteiger partial charge in [-0.2, -0.15) is 0 Å². The number of benzene rings is 2. The highest BCUT2D eigenvalue weighted by Crippen LogP contribution is 2.11. The molecule has 3 rings (SSSR count). The average Bonchev–Trinajstić information content (AvgIpc) is 2.68. The van der Waals surface area contributed by atoms with Crippen LogP contribution in [0.25, 0.3) is 6.08 Å². The van der Waals surface area contributed by atoms with E-state index in [-0.39, 0.29) is 5.78 Å². The van der Waals surface area contributed by atoms with E-state index < -0.39 is 0 Å². The number of hydrogen-bond acceptors (Lipinski definition) is 3. The fourth-order valence-electron chi connectivity index (χ4n) is 3.13. The first kappa shape index (κ1) is 18.8. The van der Waals surface area contributed by atoms with Gasteiger partial charge in [0, 0.05) is 50.7 Å². The lowest BCUT2D eigenvalue weighted by Gasteiger charge is -2.34. The van der Waals surface area contributed by atoms with E-state index in [1.54, 1.807) is 6.08 Å². The lowest BCUT2D eigenvalue weighted by atomic mass is 10.1. The Labute approximate surface area is 160 Å². The highest BCUT2D eigenvalue weighted by molar-refractivity contribution is 6.30. The molecule has 0 spiro atoms. The first-order valence-electron chi connectivity index (χ1n) is 9.14. The normalized spacial score (nSPS) is 16.2. The van der Waals surface area contributed by atoms with E-state index in [4.69, 9.17) is 11.6 Å². The molecule has 0 bridgehead atoms. The number of rotatable bonds is 7. The van der Waals surface area contributed by atoms with Crippen molar-refractivity contribution in [3.8, 4) is 0 Å². The summed E-state index contributed by atoms with van der Waals surface area (Å²) in [4.78, 5) is 16.9. The Morgan fingerprint density at radius 1 is 0.923 bits per heavy atom. The van der Waals surface area contributed by atoms with E-state index in [1.807, 2.05) is 30.3 Å². The van der Waals surface area contributed by atoms with Crippen molar-refractivity contribution < 1.29 is 4.79 Å². The fraction of sp³-hybridized carbons (Fsp3) is 0.318. The molecule has 1 aliphatic heterocycles. The van der Waals surface area contributed by atoms with Gasteiger partial charge in [-0.1, -0.05) is 60.1 Å². The molecule has 4 heteroatoms. The van der Waals surface area contributed by atoms with Gasteiger partial charge in [0.2, 0.25) is 0 Å². The molecule has 0 N–H and O–H groups in total. The second-order valence-electron chi connectivity index (χ2n) is 6.70. The SMILES string of the molecule is O=C(C=Cc1ccc(Cl)cc1)CCN1CCN(Cc2ccccc2)CC1. The summed E-state index contributed by atoms with van der Waals surface area (Å²) < 4.78 is 0. The number of piperazine rings is 1. The number of hydrogen-bond donors (Lipinski definition) is 0. The number of allylic oxidation sites excluding steroid dienone is 1. The van der Waals surface area contributed by atoms with E-state index in [0.717, 1.165) is 44.8 Å². The summed E-state index contributed by atoms with van der Waals surface area (Å²) in [7, 11) is 0. The predicted molar refractivity (Wildman–Crippen MR) is 108 cm³/mol. The standard InChI is InChI=1S/C22H25ClN2O/c23-21-9-6-19(7-10-21)8-11-22(26)12-13-24-14-16-25(17-15-24)18-20-4-2-1-3-5-20/h1-11H,12-18H2. The number of carbonyl (C=O) groups is 1. The van der Waals surface area contributed by atoms with Gasteiger partial charge in [0.05, 0.1) is 0 Å². The largest absolute Gasteiger partial charge is 0.300 e. The molecule has 0 unspecified atom stereocenters. The van der Waals surface area contributed by atoms with Crippen LogP contribution in [0.4, 0.5) is 0 Å². The monoisotopic (exact) mass is 368 g/mol. The molecular formula is C22H25ClN2O. The molecule has 0 atom stereocenters. The highest BCUT2D eigenvalue weighted by Gasteiger charge is 2.17. The van der Waals surface area contributed by atoms with Gasteiger partial charge in [0.25, 0.3) is 0 Å². The zero-order valence-corrected chi connectivity index (χ0v) is 15.7. The number of ketones is 1. The van der Waals surface area contributed by atoms with Crippen LogP contribution < -0.4 is 0 Å². The number of carbonyl (C=O) groups excluding carboxylic acids is 1. The predicted octanol–water partition coefficient (Wildman–Crippen LogP) is 4.13. The molecule has 1 aliphatic rings. The van der Waals surface area contributed by atoms with Crippen LogP contribution >= 0.6 is 11.6 Å². The molecule has 0 aliphatic carbocycles. The summed E-state index contributed by atoms with van der Waals surface area (Å²) in [6.45, 7) is 6.02. The maximum Gasteiger partial charge on any atom is 0.156 e. The second-order valence-corrected chi connectivity index (χ2v) is 7.14. The summed E-state index contributed by atoms with van der Waals surface area (Å²) in [5, 5.41) is 0.708. The van der Waals surface area contributed by atoms with E-state index in [1.165, 1.54) is 5.56 Å². The lowest BCUT2D eigenvalue weighted by molar-refractivity contribution is -0.114. The maximum absolute atomic E-state index is 12.1. The molecule has 136 valence electrons. The minimum absolute atomic E-state index is 0.173. The second kappa shape index (κ2) is 9.67. The zero-order chi connectivity index (χ0) is 18.2. The van der Waals surface area contributed by atoms with Gasteiger partial charge in [-0.05, 0) is 29.3 Å². The minimum atomic E-state index is 0.173. The van der Waals surface area contributed by atoms with Crippen molar-refractivity contribution in [2.24, 2.45) is 0 Å². The summed E-state index contributed by atoms with van der Waals surface area (Å²) >= 11 is 5.87. The van der Waals surface area contributed by atoms with Crippen LogP contribution in [0.2, 0.25) is 5.02 Å². The molecule has 0 aromatic heterocycles. The van der Waals surface area contributed by atoms with Crippen molar-refractivity contribution >= 4 is 23.5 Å². The molecule has 0 radical (unpaired) electrons. The Morgan fingerprint density at radius 3 is 2.27 bits per heavy atom. The van der Waals surface area contributed by atoms with Crippen molar-refractivity contribution in [3.05, 3.63) is 76.8 Å². The highest BCUT2D eigenvalue weighted by atomic mass is 35.5. The molecule has 1 fully saturated rings. The first-order valence-corrected chi connectivity index (χ1v) is 9.52. The van der Waals surface area contributed by atoms with Crippen molar-refractivity contribution in [3.63, 3.8) is 0 Å². The van der Waals surface area contributed by atoms with E-state index in [2.05, 4.69) is 40.1 Å². The summed E-state index contributed by atoms with van der Waals surface area (Å²) in [6, 6.07) is 18.1. The van der Waals surface area contributed by atoms with Crippen molar-refractivity contribution in [1.82, 2.24) is 9.80 Å². The average molecular weight is 369 g/mol. The van der Waals surface area contributed by atoms with E-state index >= 15 is 0 Å². The van der Waals surface area contributed by atoms with Crippen LogP contribution in [0.15, 0.2) is 60.7 Å². The zero-order valence-electron chi connectivity index (χ0n) is 15.0. The minimum Gasteiger partial charge on any atom is -0.300 e. The smallest absolute Gasteiger partial charge is 0.156 e. The fourth-order valence-corrected chi connectivity index (χ4v) is 3.25. The molecule has 26 heavy (non-hydrogen) atoms. The number of nitrogens with zero attached hydrogens (tertiary/aromatic N) is 2.